The van der Waals surface area contributed by atoms with E-state index in [1.165, 1.54) is 0 Å². The highest BCUT2D eigenvalue weighted by atomic mass is 31.3. The van der Waals surface area contributed by atoms with Gasteiger partial charge in [0.05, 0.1) is 6.61 Å². The molecule has 138 valence electrons. The number of carbonyl (C=O) groups excluding carboxylic acids is 3. The molecule has 0 aromatic heterocycles. The lowest BCUT2D eigenvalue weighted by Gasteiger charge is -2.19. The Morgan fingerprint density at radius 3 is 2.25 bits per heavy atom. The highest BCUT2D eigenvalue weighted by molar-refractivity contribution is 7.64. The molecule has 1 fully saturated rings. The van der Waals surface area contributed by atoms with Crippen LogP contribution in [0.1, 0.15) is 12.8 Å². The predicted molar refractivity (Wildman–Crippen MR) is 81.2 cm³/mol. The van der Waals surface area contributed by atoms with Crippen molar-refractivity contribution in [1.82, 2.24) is 10.2 Å². The Morgan fingerprint density at radius 2 is 1.75 bits per heavy atom. The summed E-state index contributed by atoms with van der Waals surface area (Å²) in [5.74, 6) is -1.38. The van der Waals surface area contributed by atoms with Crippen LogP contribution in [-0.4, -0.2) is 63.2 Å². The largest absolute Gasteiger partial charge is 0.481 e. The van der Waals surface area contributed by atoms with Crippen molar-refractivity contribution in [2.24, 2.45) is 0 Å². The lowest BCUT2D eigenvalue weighted by molar-refractivity contribution is -0.142. The highest BCUT2D eigenvalue weighted by Crippen LogP contribution is 2.62. The van der Waals surface area contributed by atoms with Crippen LogP contribution in [0.2, 0.25) is 0 Å². The van der Waals surface area contributed by atoms with Crippen LogP contribution in [0, 0.1) is 0 Å². The molecule has 0 aromatic carbocycles. The fourth-order valence-corrected chi connectivity index (χ4v) is 4.27. The second-order valence-corrected chi connectivity index (χ2v) is 8.80. The monoisotopic (exact) mass is 386 g/mol. The molecule has 2 atom stereocenters. The molecule has 1 aliphatic rings. The molecule has 2 unspecified atom stereocenters. The third-order valence-corrected chi connectivity index (χ3v) is 6.53. The molecule has 0 radical (unpaired) electrons. The number of phosphoric acid groups is 1. The minimum Gasteiger partial charge on any atom is -0.352 e. The molecule has 0 aliphatic carbocycles. The number of nitrogens with zero attached hydrogens (tertiary/aromatic N) is 1. The van der Waals surface area contributed by atoms with Gasteiger partial charge in [0.15, 0.2) is 0 Å². The van der Waals surface area contributed by atoms with Gasteiger partial charge in [-0.25, -0.2) is 8.88 Å². The summed E-state index contributed by atoms with van der Waals surface area (Å²) < 4.78 is 42.4. The van der Waals surface area contributed by atoms with Crippen LogP contribution in [-0.2, 0) is 41.4 Å². The molecule has 11 nitrogen and oxygen atoms in total. The Bertz CT molecular complexity index is 578. The molecule has 0 bridgehead atoms. The second kappa shape index (κ2) is 8.84. The van der Waals surface area contributed by atoms with Gasteiger partial charge in [-0.1, -0.05) is 0 Å². The molecular formula is C11H20N2O9P2. The van der Waals surface area contributed by atoms with Crippen LogP contribution < -0.4 is 5.32 Å². The number of likely N-dealkylation sites (tertiary alicyclic amines) is 1. The number of hydrogen-bond acceptors (Lipinski definition) is 9. The number of imide groups is 1. The van der Waals surface area contributed by atoms with Gasteiger partial charge < -0.3 is 9.84 Å². The van der Waals surface area contributed by atoms with Gasteiger partial charge in [0.2, 0.25) is 17.7 Å². The Kier molecular flexibility index (Phi) is 7.72. The summed E-state index contributed by atoms with van der Waals surface area (Å²) >= 11 is 0. The first-order valence-electron chi connectivity index (χ1n) is 6.87. The molecule has 0 spiro atoms. The normalized spacial score (nSPS) is 19.9. The lowest BCUT2D eigenvalue weighted by Crippen LogP contribution is -2.40. The van der Waals surface area contributed by atoms with Gasteiger partial charge in [0.25, 0.3) is 0 Å². The van der Waals surface area contributed by atoms with E-state index in [1.54, 1.807) is 0 Å². The van der Waals surface area contributed by atoms with Crippen LogP contribution in [0.4, 0.5) is 0 Å². The van der Waals surface area contributed by atoms with E-state index in [4.69, 9.17) is 8.83 Å². The SMILES string of the molecule is COP(C)(=O)OP(=O)(OC)OCCNC(=O)CN1C(=O)CCC1=O. The third-order valence-electron chi connectivity index (χ3n) is 2.93. The van der Waals surface area contributed by atoms with E-state index < -0.39 is 33.1 Å². The van der Waals surface area contributed by atoms with Crippen molar-refractivity contribution in [1.29, 1.82) is 0 Å². The summed E-state index contributed by atoms with van der Waals surface area (Å²) in [5, 5.41) is 2.38. The first kappa shape index (κ1) is 21.0. The average molecular weight is 386 g/mol. The van der Waals surface area contributed by atoms with Crippen molar-refractivity contribution in [2.75, 3.05) is 40.6 Å². The van der Waals surface area contributed by atoms with Crippen LogP contribution in [0.3, 0.4) is 0 Å². The molecule has 3 amide bonds. The van der Waals surface area contributed by atoms with Gasteiger partial charge in [-0.3, -0.25) is 32.9 Å². The van der Waals surface area contributed by atoms with Gasteiger partial charge in [0.1, 0.15) is 6.54 Å². The molecule has 24 heavy (non-hydrogen) atoms. The standard InChI is InChI=1S/C11H20N2O9P2/c1-19-23(3,17)22-24(18,20-2)21-7-6-12-9(14)8-13-10(15)4-5-11(13)16/h4-8H2,1-3H3,(H,12,14). The molecular weight excluding hydrogens is 366 g/mol. The summed E-state index contributed by atoms with van der Waals surface area (Å²) in [6.07, 6.45) is 0.195. The number of carbonyl (C=O) groups is 3. The smallest absolute Gasteiger partial charge is 0.352 e. The van der Waals surface area contributed by atoms with Crippen molar-refractivity contribution in [3.8, 4) is 0 Å². The van der Waals surface area contributed by atoms with Gasteiger partial charge in [0, 0.05) is 40.3 Å². The second-order valence-electron chi connectivity index (χ2n) is 4.72. The van der Waals surface area contributed by atoms with Crippen LogP contribution in [0.25, 0.3) is 0 Å². The first-order valence-corrected chi connectivity index (χ1v) is 10.3. The summed E-state index contributed by atoms with van der Waals surface area (Å²) in [6, 6.07) is 0. The van der Waals surface area contributed by atoms with E-state index in [-0.39, 0.29) is 32.5 Å². The first-order chi connectivity index (χ1) is 11.1. The quantitative estimate of drug-likeness (QED) is 0.323. The predicted octanol–water partition coefficient (Wildman–Crippen LogP) is 0.509. The molecule has 1 N–H and O–H groups in total. The topological polar surface area (TPSA) is 138 Å². The minimum absolute atomic E-state index is 0.0905. The lowest BCUT2D eigenvalue weighted by atomic mass is 10.4. The molecule has 0 saturated carbocycles. The average Bonchev–Trinajstić information content (AvgIpc) is 2.83. The van der Waals surface area contributed by atoms with E-state index >= 15 is 0 Å². The van der Waals surface area contributed by atoms with E-state index in [0.29, 0.717) is 0 Å². The van der Waals surface area contributed by atoms with Crippen LogP contribution in [0.5, 0.6) is 0 Å². The van der Waals surface area contributed by atoms with Crippen molar-refractivity contribution in [3.63, 3.8) is 0 Å². The molecule has 1 aliphatic heterocycles. The van der Waals surface area contributed by atoms with E-state index in [9.17, 15) is 23.5 Å². The van der Waals surface area contributed by atoms with E-state index in [0.717, 1.165) is 25.8 Å². The summed E-state index contributed by atoms with van der Waals surface area (Å²) in [4.78, 5) is 35.3. The van der Waals surface area contributed by atoms with Gasteiger partial charge in [-0.2, -0.15) is 0 Å². The number of hydrogen-bond donors (Lipinski definition) is 1. The maximum atomic E-state index is 12.0. The zero-order valence-electron chi connectivity index (χ0n) is 13.6. The minimum atomic E-state index is -4.11. The number of phosphoric ester groups is 1. The third kappa shape index (κ3) is 6.43. The molecule has 1 heterocycles. The van der Waals surface area contributed by atoms with Crippen LogP contribution >= 0.6 is 15.4 Å². The summed E-state index contributed by atoms with van der Waals surface area (Å²) in [7, 11) is -5.55. The van der Waals surface area contributed by atoms with E-state index in [2.05, 4.69) is 14.4 Å². The fourth-order valence-electron chi connectivity index (χ4n) is 1.67. The van der Waals surface area contributed by atoms with Crippen molar-refractivity contribution >= 4 is 33.1 Å². The zero-order chi connectivity index (χ0) is 18.4. The Morgan fingerprint density at radius 1 is 1.17 bits per heavy atom. The Labute approximate surface area is 139 Å². The van der Waals surface area contributed by atoms with Gasteiger partial charge in [-0.15, -0.1) is 0 Å². The maximum absolute atomic E-state index is 12.0. The Balaban J connectivity index is 2.37. The van der Waals surface area contributed by atoms with Gasteiger partial charge in [-0.05, 0) is 0 Å². The summed E-state index contributed by atoms with van der Waals surface area (Å²) in [6.45, 7) is 0.340. The zero-order valence-corrected chi connectivity index (χ0v) is 15.3. The van der Waals surface area contributed by atoms with Crippen molar-refractivity contribution < 1.29 is 41.4 Å². The van der Waals surface area contributed by atoms with E-state index in [1.807, 2.05) is 0 Å². The number of amides is 3. The molecule has 0 aromatic rings. The highest BCUT2D eigenvalue weighted by Gasteiger charge is 2.34. The van der Waals surface area contributed by atoms with Crippen molar-refractivity contribution in [2.45, 2.75) is 12.8 Å². The van der Waals surface area contributed by atoms with Crippen molar-refractivity contribution in [3.05, 3.63) is 0 Å². The molecule has 13 heteroatoms. The van der Waals surface area contributed by atoms with Crippen LogP contribution in [0.15, 0.2) is 0 Å². The fraction of sp³-hybridized carbons (Fsp3) is 0.727. The molecule has 1 saturated heterocycles. The number of nitrogens with one attached hydrogen (secondary N) is 1. The Hall–Kier alpha value is -1.09. The number of rotatable bonds is 10. The summed E-state index contributed by atoms with van der Waals surface area (Å²) in [5.41, 5.74) is 0. The molecule has 1 rings (SSSR count). The van der Waals surface area contributed by atoms with Gasteiger partial charge >= 0.3 is 15.4 Å². The maximum Gasteiger partial charge on any atom is 0.481 e.